The van der Waals surface area contributed by atoms with Crippen molar-refractivity contribution in [2.45, 2.75) is 19.8 Å². The lowest BCUT2D eigenvalue weighted by atomic mass is 10.2. The summed E-state index contributed by atoms with van der Waals surface area (Å²) in [5.41, 5.74) is 2.02. The van der Waals surface area contributed by atoms with Crippen LogP contribution in [0.25, 0.3) is 11.3 Å². The maximum Gasteiger partial charge on any atom is 0.227 e. The Balaban J connectivity index is 1.64. The summed E-state index contributed by atoms with van der Waals surface area (Å²) in [6.07, 6.45) is 2.71. The Morgan fingerprint density at radius 3 is 2.70 bits per heavy atom. The summed E-state index contributed by atoms with van der Waals surface area (Å²) in [4.78, 5) is 16.4. The minimum absolute atomic E-state index is 0.0765. The number of hydrogen-bond acceptors (Lipinski definition) is 3. The number of amides is 1. The number of aromatic nitrogens is 2. The van der Waals surface area contributed by atoms with E-state index in [9.17, 15) is 4.79 Å². The first-order valence-corrected chi connectivity index (χ1v) is 7.56. The fourth-order valence-electron chi connectivity index (χ4n) is 2.45. The molecule has 0 saturated heterocycles. The Morgan fingerprint density at radius 1 is 1.22 bits per heavy atom. The quantitative estimate of drug-likeness (QED) is 0.784. The van der Waals surface area contributed by atoms with Crippen molar-refractivity contribution in [1.29, 1.82) is 0 Å². The molecule has 0 unspecified atom stereocenters. The second kappa shape index (κ2) is 6.52. The van der Waals surface area contributed by atoms with Crippen molar-refractivity contribution < 1.29 is 9.21 Å². The van der Waals surface area contributed by atoms with E-state index in [0.717, 1.165) is 22.8 Å². The Hall–Kier alpha value is -2.82. The molecule has 0 saturated carbocycles. The first kappa shape index (κ1) is 15.1. The van der Waals surface area contributed by atoms with Gasteiger partial charge < -0.3 is 8.98 Å². The number of benzene rings is 1. The van der Waals surface area contributed by atoms with Crippen LogP contribution in [0.3, 0.4) is 0 Å². The van der Waals surface area contributed by atoms with Gasteiger partial charge in [0.25, 0.3) is 0 Å². The van der Waals surface area contributed by atoms with Gasteiger partial charge in [-0.05, 0) is 24.6 Å². The molecule has 1 amide bonds. The van der Waals surface area contributed by atoms with Crippen LogP contribution in [-0.2, 0) is 18.3 Å². The molecule has 0 aliphatic heterocycles. The molecule has 1 aromatic carbocycles. The van der Waals surface area contributed by atoms with Gasteiger partial charge in [-0.1, -0.05) is 30.3 Å². The number of imidazole rings is 1. The topological polar surface area (TPSA) is 60.1 Å². The van der Waals surface area contributed by atoms with Gasteiger partial charge in [0.2, 0.25) is 11.9 Å². The molecule has 3 rings (SSSR count). The molecule has 5 heteroatoms. The molecule has 0 atom stereocenters. The third kappa shape index (κ3) is 3.51. The second-order valence-electron chi connectivity index (χ2n) is 5.45. The van der Waals surface area contributed by atoms with E-state index < -0.39 is 0 Å². The summed E-state index contributed by atoms with van der Waals surface area (Å²) >= 11 is 0. The maximum atomic E-state index is 12.1. The number of hydrogen-bond donors (Lipinski definition) is 1. The molecule has 0 aliphatic carbocycles. The molecule has 23 heavy (non-hydrogen) atoms. The minimum Gasteiger partial charge on any atom is -0.466 e. The van der Waals surface area contributed by atoms with Crippen molar-refractivity contribution in [2.75, 3.05) is 5.32 Å². The highest BCUT2D eigenvalue weighted by Crippen LogP contribution is 2.21. The predicted octanol–water partition coefficient (Wildman–Crippen LogP) is 3.56. The van der Waals surface area contributed by atoms with Crippen molar-refractivity contribution in [1.82, 2.24) is 9.55 Å². The van der Waals surface area contributed by atoms with Gasteiger partial charge >= 0.3 is 0 Å². The van der Waals surface area contributed by atoms with E-state index in [1.165, 1.54) is 0 Å². The average Bonchev–Trinajstić information content (AvgIpc) is 3.13. The van der Waals surface area contributed by atoms with Crippen LogP contribution in [0.1, 0.15) is 17.9 Å². The summed E-state index contributed by atoms with van der Waals surface area (Å²) in [5, 5.41) is 2.85. The van der Waals surface area contributed by atoms with Crippen LogP contribution < -0.4 is 5.32 Å². The van der Waals surface area contributed by atoms with Gasteiger partial charge in [0, 0.05) is 19.9 Å². The molecule has 0 spiro atoms. The molecule has 118 valence electrons. The zero-order valence-electron chi connectivity index (χ0n) is 13.2. The van der Waals surface area contributed by atoms with Gasteiger partial charge in [-0.25, -0.2) is 4.98 Å². The lowest BCUT2D eigenvalue weighted by Crippen LogP contribution is -2.15. The van der Waals surface area contributed by atoms with Gasteiger partial charge in [0.05, 0.1) is 11.9 Å². The Labute approximate surface area is 135 Å². The van der Waals surface area contributed by atoms with Crippen molar-refractivity contribution in [3.05, 3.63) is 60.2 Å². The van der Waals surface area contributed by atoms with Crippen LogP contribution in [0.4, 0.5) is 5.95 Å². The van der Waals surface area contributed by atoms with Crippen LogP contribution in [0.15, 0.2) is 53.1 Å². The van der Waals surface area contributed by atoms with Crippen LogP contribution >= 0.6 is 0 Å². The zero-order valence-corrected chi connectivity index (χ0v) is 13.2. The first-order chi connectivity index (χ1) is 11.1. The molecule has 2 heterocycles. The largest absolute Gasteiger partial charge is 0.466 e. The summed E-state index contributed by atoms with van der Waals surface area (Å²) in [6.45, 7) is 1.89. The number of carbonyl (C=O) groups excluding carboxylic acids is 1. The Bertz CT molecular complexity index is 803. The van der Waals surface area contributed by atoms with Crippen LogP contribution in [0.5, 0.6) is 0 Å². The SMILES string of the molecule is Cc1ccc(CCC(=O)Nc2ncc(-c3ccccc3)n2C)o1. The summed E-state index contributed by atoms with van der Waals surface area (Å²) in [6, 6.07) is 13.8. The lowest BCUT2D eigenvalue weighted by Gasteiger charge is -2.07. The van der Waals surface area contributed by atoms with E-state index in [4.69, 9.17) is 4.42 Å². The number of nitrogens with one attached hydrogen (secondary N) is 1. The van der Waals surface area contributed by atoms with Gasteiger partial charge in [0.15, 0.2) is 0 Å². The normalized spacial score (nSPS) is 10.7. The highest BCUT2D eigenvalue weighted by molar-refractivity contribution is 5.89. The number of furan rings is 1. The minimum atomic E-state index is -0.0765. The molecular weight excluding hydrogens is 290 g/mol. The molecule has 1 N–H and O–H groups in total. The first-order valence-electron chi connectivity index (χ1n) is 7.56. The molecule has 2 aromatic heterocycles. The third-order valence-corrected chi connectivity index (χ3v) is 3.70. The zero-order chi connectivity index (χ0) is 16.2. The Kier molecular flexibility index (Phi) is 4.28. The maximum absolute atomic E-state index is 12.1. The standard InChI is InChI=1S/C18H19N3O2/c1-13-8-9-15(23-13)10-11-17(22)20-18-19-12-16(21(18)2)14-6-4-3-5-7-14/h3-9,12H,10-11H2,1-2H3,(H,19,20,22). The van der Waals surface area contributed by atoms with Gasteiger partial charge in [-0.3, -0.25) is 10.1 Å². The second-order valence-corrected chi connectivity index (χ2v) is 5.45. The van der Waals surface area contributed by atoms with Crippen molar-refractivity contribution in [3.63, 3.8) is 0 Å². The fourth-order valence-corrected chi connectivity index (χ4v) is 2.45. The van der Waals surface area contributed by atoms with Crippen LogP contribution in [0.2, 0.25) is 0 Å². The van der Waals surface area contributed by atoms with Crippen molar-refractivity contribution in [2.24, 2.45) is 7.05 Å². The van der Waals surface area contributed by atoms with E-state index in [-0.39, 0.29) is 5.91 Å². The summed E-state index contributed by atoms with van der Waals surface area (Å²) in [5.74, 6) is 2.15. The predicted molar refractivity (Wildman–Crippen MR) is 89.0 cm³/mol. The van der Waals surface area contributed by atoms with Crippen molar-refractivity contribution >= 4 is 11.9 Å². The number of carbonyl (C=O) groups is 1. The number of rotatable bonds is 5. The summed E-state index contributed by atoms with van der Waals surface area (Å²) in [7, 11) is 1.89. The number of nitrogens with zero attached hydrogens (tertiary/aromatic N) is 2. The molecular formula is C18H19N3O2. The third-order valence-electron chi connectivity index (χ3n) is 3.70. The number of anilines is 1. The van der Waals surface area contributed by atoms with E-state index in [1.807, 2.05) is 61.0 Å². The van der Waals surface area contributed by atoms with Gasteiger partial charge in [-0.15, -0.1) is 0 Å². The molecule has 0 bridgehead atoms. The van der Waals surface area contributed by atoms with Crippen molar-refractivity contribution in [3.8, 4) is 11.3 Å². The summed E-state index contributed by atoms with van der Waals surface area (Å²) < 4.78 is 7.35. The molecule has 0 fully saturated rings. The van der Waals surface area contributed by atoms with E-state index in [0.29, 0.717) is 18.8 Å². The average molecular weight is 309 g/mol. The van der Waals surface area contributed by atoms with Gasteiger partial charge in [-0.2, -0.15) is 0 Å². The van der Waals surface area contributed by atoms with E-state index in [1.54, 1.807) is 6.20 Å². The smallest absolute Gasteiger partial charge is 0.227 e. The monoisotopic (exact) mass is 309 g/mol. The molecule has 0 aliphatic rings. The lowest BCUT2D eigenvalue weighted by molar-refractivity contribution is -0.116. The van der Waals surface area contributed by atoms with Gasteiger partial charge in [0.1, 0.15) is 11.5 Å². The number of aryl methyl sites for hydroxylation is 2. The molecule has 0 radical (unpaired) electrons. The molecule has 5 nitrogen and oxygen atoms in total. The Morgan fingerprint density at radius 2 is 2.00 bits per heavy atom. The highest BCUT2D eigenvalue weighted by atomic mass is 16.3. The van der Waals surface area contributed by atoms with Crippen LogP contribution in [0, 0.1) is 6.92 Å². The fraction of sp³-hybridized carbons (Fsp3) is 0.222. The molecule has 3 aromatic rings. The van der Waals surface area contributed by atoms with Crippen LogP contribution in [-0.4, -0.2) is 15.5 Å². The highest BCUT2D eigenvalue weighted by Gasteiger charge is 2.11. The van der Waals surface area contributed by atoms with E-state index in [2.05, 4.69) is 10.3 Å². The van der Waals surface area contributed by atoms with E-state index >= 15 is 0 Å².